The van der Waals surface area contributed by atoms with Gasteiger partial charge in [-0.25, -0.2) is 0 Å². The Morgan fingerprint density at radius 3 is 2.73 bits per heavy atom. The molecule has 1 radical (unpaired) electrons. The lowest BCUT2D eigenvalue weighted by molar-refractivity contribution is -0.137. The molecule has 2 rings (SSSR count). The van der Waals surface area contributed by atoms with Crippen LogP contribution in [0.1, 0.15) is 5.56 Å². The Labute approximate surface area is 83.7 Å². The molecule has 0 aliphatic heterocycles. The van der Waals surface area contributed by atoms with Crippen LogP contribution in [-0.4, -0.2) is 10.2 Å². The van der Waals surface area contributed by atoms with Gasteiger partial charge in [0.25, 0.3) is 0 Å². The number of nitrogens with zero attached hydrogens (tertiary/aromatic N) is 1. The quantitative estimate of drug-likeness (QED) is 0.771. The summed E-state index contributed by atoms with van der Waals surface area (Å²) >= 11 is 0. The number of hydrogen-bond donors (Lipinski definition) is 1. The molecule has 1 aromatic carbocycles. The minimum Gasteiger partial charge on any atom is -0.285 e. The first-order valence-corrected chi connectivity index (χ1v) is 4.16. The van der Waals surface area contributed by atoms with Crippen LogP contribution < -0.4 is 0 Å². The molecule has 0 saturated carbocycles. The number of alkyl halides is 3. The fraction of sp³-hybridized carbons (Fsp3) is 0.100. The van der Waals surface area contributed by atoms with E-state index >= 15 is 0 Å². The molecular weight excluding hydrogens is 205 g/mol. The minimum absolute atomic E-state index is 0.0127. The van der Waals surface area contributed by atoms with Gasteiger partial charge in [0.2, 0.25) is 0 Å². The summed E-state index contributed by atoms with van der Waals surface area (Å²) in [6, 6.07) is 6.35. The Morgan fingerprint density at radius 1 is 1.33 bits per heavy atom. The van der Waals surface area contributed by atoms with Gasteiger partial charge in [-0.3, -0.25) is 5.10 Å². The van der Waals surface area contributed by atoms with Gasteiger partial charge in [0.15, 0.2) is 0 Å². The first-order valence-electron chi connectivity index (χ1n) is 4.16. The molecule has 1 N–H and O–H groups in total. The number of aromatic amines is 1. The standard InChI is InChI=1S/C10H6F3N2/c11-10(12,13)9-4-2-1-3-8(9)7-5-14-15-6-7/h1-2,4-6H,(H,14,15). The summed E-state index contributed by atoms with van der Waals surface area (Å²) in [6.45, 7) is 0. The van der Waals surface area contributed by atoms with Crippen molar-refractivity contribution >= 4 is 0 Å². The average Bonchev–Trinajstić information content (AvgIpc) is 2.69. The van der Waals surface area contributed by atoms with Crippen molar-refractivity contribution in [2.45, 2.75) is 6.18 Å². The van der Waals surface area contributed by atoms with E-state index in [1.165, 1.54) is 24.5 Å². The highest BCUT2D eigenvalue weighted by atomic mass is 19.4. The number of benzene rings is 1. The van der Waals surface area contributed by atoms with E-state index in [1.54, 1.807) is 0 Å². The molecule has 0 atom stereocenters. The molecule has 15 heavy (non-hydrogen) atoms. The highest BCUT2D eigenvalue weighted by Gasteiger charge is 2.33. The smallest absolute Gasteiger partial charge is 0.285 e. The molecule has 0 aliphatic carbocycles. The number of halogens is 3. The molecule has 2 aromatic rings. The fourth-order valence-corrected chi connectivity index (χ4v) is 1.30. The van der Waals surface area contributed by atoms with E-state index in [9.17, 15) is 13.2 Å². The highest BCUT2D eigenvalue weighted by Crippen LogP contribution is 2.36. The normalized spacial score (nSPS) is 11.7. The van der Waals surface area contributed by atoms with E-state index in [4.69, 9.17) is 0 Å². The van der Waals surface area contributed by atoms with Crippen LogP contribution in [0.2, 0.25) is 0 Å². The molecule has 0 fully saturated rings. The summed E-state index contributed by atoms with van der Waals surface area (Å²) in [5.41, 5.74) is -0.312. The van der Waals surface area contributed by atoms with E-state index in [0.29, 0.717) is 5.56 Å². The lowest BCUT2D eigenvalue weighted by Gasteiger charge is -2.10. The Bertz CT molecular complexity index is 446. The van der Waals surface area contributed by atoms with Crippen LogP contribution in [-0.2, 0) is 6.18 Å². The first kappa shape index (κ1) is 9.76. The third-order valence-corrected chi connectivity index (χ3v) is 1.95. The zero-order valence-electron chi connectivity index (χ0n) is 7.47. The monoisotopic (exact) mass is 211 g/mol. The van der Waals surface area contributed by atoms with Crippen LogP contribution in [0.4, 0.5) is 13.2 Å². The van der Waals surface area contributed by atoms with Gasteiger partial charge in [0.05, 0.1) is 11.8 Å². The van der Waals surface area contributed by atoms with Crippen molar-refractivity contribution in [3.05, 3.63) is 42.2 Å². The SMILES string of the molecule is FC(F)(F)c1ccc[c]c1-c1cn[nH]c1. The summed E-state index contributed by atoms with van der Waals surface area (Å²) in [6.07, 6.45) is -1.63. The number of nitrogens with one attached hydrogen (secondary N) is 1. The van der Waals surface area contributed by atoms with Gasteiger partial charge in [0.1, 0.15) is 0 Å². The van der Waals surface area contributed by atoms with Crippen LogP contribution in [0.3, 0.4) is 0 Å². The molecule has 0 spiro atoms. The maximum Gasteiger partial charge on any atom is 0.417 e. The molecule has 0 amide bonds. The van der Waals surface area contributed by atoms with Gasteiger partial charge in [-0.15, -0.1) is 0 Å². The fourth-order valence-electron chi connectivity index (χ4n) is 1.30. The second-order valence-corrected chi connectivity index (χ2v) is 2.94. The molecular formula is C10H6F3N2. The predicted molar refractivity (Wildman–Crippen MR) is 47.9 cm³/mol. The highest BCUT2D eigenvalue weighted by molar-refractivity contribution is 5.65. The lowest BCUT2D eigenvalue weighted by atomic mass is 10.0. The Balaban J connectivity index is 2.58. The first-order chi connectivity index (χ1) is 7.09. The molecule has 5 heteroatoms. The molecule has 77 valence electrons. The van der Waals surface area contributed by atoms with E-state index in [1.807, 2.05) is 0 Å². The van der Waals surface area contributed by atoms with Crippen molar-refractivity contribution in [3.63, 3.8) is 0 Å². The van der Waals surface area contributed by atoms with Gasteiger partial charge in [0, 0.05) is 17.3 Å². The molecule has 0 saturated heterocycles. The van der Waals surface area contributed by atoms with E-state index in [0.717, 1.165) is 6.07 Å². The van der Waals surface area contributed by atoms with Crippen molar-refractivity contribution in [1.29, 1.82) is 0 Å². The maximum atomic E-state index is 12.6. The summed E-state index contributed by atoms with van der Waals surface area (Å²) in [7, 11) is 0. The Hall–Kier alpha value is -1.78. The maximum absolute atomic E-state index is 12.6. The summed E-state index contributed by atoms with van der Waals surface area (Å²) in [5.74, 6) is 0. The topological polar surface area (TPSA) is 28.7 Å². The van der Waals surface area contributed by atoms with Crippen LogP contribution >= 0.6 is 0 Å². The van der Waals surface area contributed by atoms with Gasteiger partial charge >= 0.3 is 6.18 Å². The number of H-pyrrole nitrogens is 1. The molecule has 0 aliphatic rings. The van der Waals surface area contributed by atoms with E-state index in [2.05, 4.69) is 16.3 Å². The molecule has 2 nitrogen and oxygen atoms in total. The Kier molecular flexibility index (Phi) is 2.22. The number of rotatable bonds is 1. The van der Waals surface area contributed by atoms with Crippen LogP contribution in [0.25, 0.3) is 11.1 Å². The van der Waals surface area contributed by atoms with E-state index < -0.39 is 11.7 Å². The van der Waals surface area contributed by atoms with Gasteiger partial charge in [-0.2, -0.15) is 18.3 Å². The zero-order valence-corrected chi connectivity index (χ0v) is 7.47. The summed E-state index contributed by atoms with van der Waals surface area (Å²) in [5, 5.41) is 6.08. The third kappa shape index (κ3) is 1.86. The van der Waals surface area contributed by atoms with Crippen molar-refractivity contribution in [2.75, 3.05) is 0 Å². The summed E-state index contributed by atoms with van der Waals surface area (Å²) in [4.78, 5) is 0. The second-order valence-electron chi connectivity index (χ2n) is 2.94. The van der Waals surface area contributed by atoms with Crippen molar-refractivity contribution in [1.82, 2.24) is 10.2 Å². The Morgan fingerprint density at radius 2 is 2.13 bits per heavy atom. The zero-order chi connectivity index (χ0) is 10.9. The molecule has 1 heterocycles. The summed E-state index contributed by atoms with van der Waals surface area (Å²) < 4.78 is 37.8. The van der Waals surface area contributed by atoms with Crippen LogP contribution in [0.5, 0.6) is 0 Å². The minimum atomic E-state index is -4.37. The third-order valence-electron chi connectivity index (χ3n) is 1.95. The van der Waals surface area contributed by atoms with Crippen molar-refractivity contribution in [2.24, 2.45) is 0 Å². The van der Waals surface area contributed by atoms with Crippen LogP contribution in [0, 0.1) is 6.07 Å². The van der Waals surface area contributed by atoms with E-state index in [-0.39, 0.29) is 5.56 Å². The largest absolute Gasteiger partial charge is 0.417 e. The van der Waals surface area contributed by atoms with Crippen molar-refractivity contribution in [3.8, 4) is 11.1 Å². The molecule has 0 bridgehead atoms. The lowest BCUT2D eigenvalue weighted by Crippen LogP contribution is -2.06. The van der Waals surface area contributed by atoms with Gasteiger partial charge in [-0.1, -0.05) is 12.1 Å². The second kappa shape index (κ2) is 3.42. The van der Waals surface area contributed by atoms with Gasteiger partial charge in [-0.05, 0) is 12.1 Å². The number of aromatic nitrogens is 2. The van der Waals surface area contributed by atoms with Crippen molar-refractivity contribution < 1.29 is 13.2 Å². The van der Waals surface area contributed by atoms with Crippen LogP contribution in [0.15, 0.2) is 30.6 Å². The number of hydrogen-bond acceptors (Lipinski definition) is 1. The predicted octanol–water partition coefficient (Wildman–Crippen LogP) is 2.90. The molecule has 1 aromatic heterocycles. The van der Waals surface area contributed by atoms with Gasteiger partial charge < -0.3 is 0 Å². The molecule has 0 unspecified atom stereocenters. The average molecular weight is 211 g/mol.